The average Bonchev–Trinajstić information content (AvgIpc) is 2.03. The summed E-state index contributed by atoms with van der Waals surface area (Å²) in [6.45, 7) is 1.57. The van der Waals surface area contributed by atoms with Crippen molar-refractivity contribution in [3.8, 4) is 0 Å². The minimum Gasteiger partial charge on any atom is -0.324 e. The van der Waals surface area contributed by atoms with Crippen LogP contribution in [0.4, 0.5) is 10.1 Å². The molecule has 0 unspecified atom stereocenters. The summed E-state index contributed by atoms with van der Waals surface area (Å²) in [5.41, 5.74) is 5.52. The molecule has 0 bridgehead atoms. The van der Waals surface area contributed by atoms with E-state index < -0.39 is 16.8 Å². The number of nitrogens with two attached hydrogens (primary N) is 1. The Bertz CT molecular complexity index is 344. The van der Waals surface area contributed by atoms with Crippen molar-refractivity contribution in [1.82, 2.24) is 0 Å². The largest absolute Gasteiger partial charge is 0.324 e. The van der Waals surface area contributed by atoms with E-state index in [-0.39, 0.29) is 23.7 Å². The maximum Gasteiger partial charge on any atom is 0.274 e. The van der Waals surface area contributed by atoms with E-state index >= 15 is 0 Å². The maximum atomic E-state index is 12.7. The molecule has 1 rings (SSSR count). The number of nitro benzene ring substituents is 1. The molecule has 0 aliphatic heterocycles. The van der Waals surface area contributed by atoms with Gasteiger partial charge >= 0.3 is 0 Å². The van der Waals surface area contributed by atoms with Crippen molar-refractivity contribution in [3.05, 3.63) is 39.7 Å². The molecule has 0 aliphatic carbocycles. The molecule has 0 fully saturated rings. The van der Waals surface area contributed by atoms with Crippen LogP contribution >= 0.6 is 12.4 Å². The van der Waals surface area contributed by atoms with Crippen molar-refractivity contribution in [3.63, 3.8) is 0 Å². The van der Waals surface area contributed by atoms with Crippen LogP contribution in [-0.4, -0.2) is 4.92 Å². The molecule has 78 valence electrons. The SMILES string of the molecule is C[C@H](N)c1cc(F)ccc1[N+](=O)[O-].Cl. The van der Waals surface area contributed by atoms with E-state index in [0.717, 1.165) is 18.2 Å². The van der Waals surface area contributed by atoms with E-state index in [1.54, 1.807) is 6.92 Å². The summed E-state index contributed by atoms with van der Waals surface area (Å²) in [6.07, 6.45) is 0. The van der Waals surface area contributed by atoms with Crippen molar-refractivity contribution in [2.45, 2.75) is 13.0 Å². The Morgan fingerprint density at radius 1 is 1.57 bits per heavy atom. The van der Waals surface area contributed by atoms with Gasteiger partial charge < -0.3 is 5.73 Å². The first-order chi connectivity index (χ1) is 6.02. The van der Waals surface area contributed by atoms with E-state index in [2.05, 4.69) is 0 Å². The minimum atomic E-state index is -0.571. The molecule has 6 heteroatoms. The summed E-state index contributed by atoms with van der Waals surface area (Å²) in [4.78, 5) is 9.89. The highest BCUT2D eigenvalue weighted by atomic mass is 35.5. The second-order valence-corrected chi connectivity index (χ2v) is 2.75. The summed E-state index contributed by atoms with van der Waals surface area (Å²) in [5, 5.41) is 10.5. The number of hydrogen-bond donors (Lipinski definition) is 1. The number of nitro groups is 1. The topological polar surface area (TPSA) is 69.2 Å². The molecular formula is C8H10ClFN2O2. The van der Waals surface area contributed by atoms with Crippen molar-refractivity contribution in [2.24, 2.45) is 5.73 Å². The Morgan fingerprint density at radius 2 is 2.14 bits per heavy atom. The van der Waals surface area contributed by atoms with Gasteiger partial charge in [0.1, 0.15) is 5.82 Å². The number of nitrogens with zero attached hydrogens (tertiary/aromatic N) is 1. The van der Waals surface area contributed by atoms with E-state index in [9.17, 15) is 14.5 Å². The monoisotopic (exact) mass is 220 g/mol. The van der Waals surface area contributed by atoms with Crippen LogP contribution in [0.3, 0.4) is 0 Å². The fourth-order valence-corrected chi connectivity index (χ4v) is 1.06. The molecule has 4 nitrogen and oxygen atoms in total. The predicted octanol–water partition coefficient (Wildman–Crippen LogP) is 2.18. The zero-order valence-corrected chi connectivity index (χ0v) is 8.25. The lowest BCUT2D eigenvalue weighted by molar-refractivity contribution is -0.385. The average molecular weight is 221 g/mol. The molecule has 0 aromatic heterocycles. The van der Waals surface area contributed by atoms with E-state index in [4.69, 9.17) is 5.73 Å². The van der Waals surface area contributed by atoms with Gasteiger partial charge in [0.25, 0.3) is 5.69 Å². The van der Waals surface area contributed by atoms with Gasteiger partial charge in [0.2, 0.25) is 0 Å². The Hall–Kier alpha value is -1.20. The lowest BCUT2D eigenvalue weighted by atomic mass is 10.1. The third kappa shape index (κ3) is 2.65. The fraction of sp³-hybridized carbons (Fsp3) is 0.250. The highest BCUT2D eigenvalue weighted by Crippen LogP contribution is 2.23. The Balaban J connectivity index is 0.00000169. The molecule has 0 radical (unpaired) electrons. The van der Waals surface area contributed by atoms with Gasteiger partial charge in [-0.25, -0.2) is 4.39 Å². The van der Waals surface area contributed by atoms with Crippen molar-refractivity contribution in [1.29, 1.82) is 0 Å². The van der Waals surface area contributed by atoms with Gasteiger partial charge in [-0.1, -0.05) is 0 Å². The van der Waals surface area contributed by atoms with Gasteiger partial charge in [-0.2, -0.15) is 0 Å². The molecule has 14 heavy (non-hydrogen) atoms. The second-order valence-electron chi connectivity index (χ2n) is 2.75. The highest BCUT2D eigenvalue weighted by Gasteiger charge is 2.16. The van der Waals surface area contributed by atoms with Gasteiger partial charge in [-0.05, 0) is 19.1 Å². The lowest BCUT2D eigenvalue weighted by Gasteiger charge is -2.05. The molecule has 1 aromatic carbocycles. The Labute approximate surface area is 86.5 Å². The van der Waals surface area contributed by atoms with E-state index in [0.29, 0.717) is 0 Å². The molecular weight excluding hydrogens is 211 g/mol. The molecule has 0 aliphatic rings. The first-order valence-electron chi connectivity index (χ1n) is 3.72. The molecule has 0 saturated carbocycles. The normalized spacial score (nSPS) is 11.6. The van der Waals surface area contributed by atoms with Crippen molar-refractivity contribution < 1.29 is 9.31 Å². The zero-order valence-electron chi connectivity index (χ0n) is 7.44. The molecule has 0 spiro atoms. The van der Waals surface area contributed by atoms with Crippen LogP contribution < -0.4 is 5.73 Å². The van der Waals surface area contributed by atoms with Gasteiger partial charge in [0.15, 0.2) is 0 Å². The van der Waals surface area contributed by atoms with Crippen molar-refractivity contribution >= 4 is 18.1 Å². The standard InChI is InChI=1S/C8H9FN2O2.ClH/c1-5(10)7-4-6(9)2-3-8(7)11(12)13;/h2-5H,10H2,1H3;1H/t5-;/m0./s1. The molecule has 0 saturated heterocycles. The third-order valence-electron chi connectivity index (χ3n) is 1.68. The van der Waals surface area contributed by atoms with Crippen LogP contribution in [0.25, 0.3) is 0 Å². The van der Waals surface area contributed by atoms with Gasteiger partial charge in [0, 0.05) is 17.7 Å². The summed E-state index contributed by atoms with van der Waals surface area (Å²) < 4.78 is 12.7. The van der Waals surface area contributed by atoms with Crippen LogP contribution in [0.15, 0.2) is 18.2 Å². The molecule has 2 N–H and O–H groups in total. The zero-order chi connectivity index (χ0) is 10.0. The molecule has 1 atom stereocenters. The fourth-order valence-electron chi connectivity index (χ4n) is 1.06. The lowest BCUT2D eigenvalue weighted by Crippen LogP contribution is -2.08. The predicted molar refractivity (Wildman–Crippen MR) is 52.9 cm³/mol. The summed E-state index contributed by atoms with van der Waals surface area (Å²) in [6, 6.07) is 2.71. The van der Waals surface area contributed by atoms with Gasteiger partial charge in [0.05, 0.1) is 4.92 Å². The number of rotatable bonds is 2. The van der Waals surface area contributed by atoms with Crippen molar-refractivity contribution in [2.75, 3.05) is 0 Å². The first kappa shape index (κ1) is 12.8. The van der Waals surface area contributed by atoms with E-state index in [1.165, 1.54) is 0 Å². The van der Waals surface area contributed by atoms with Gasteiger partial charge in [-0.15, -0.1) is 12.4 Å². The number of halogens is 2. The molecule has 1 aromatic rings. The third-order valence-corrected chi connectivity index (χ3v) is 1.68. The van der Waals surface area contributed by atoms with E-state index in [1.807, 2.05) is 0 Å². The van der Waals surface area contributed by atoms with Crippen LogP contribution in [0.1, 0.15) is 18.5 Å². The van der Waals surface area contributed by atoms with Gasteiger partial charge in [-0.3, -0.25) is 10.1 Å². The second kappa shape index (κ2) is 4.88. The van der Waals surface area contributed by atoms with Crippen LogP contribution in [0.5, 0.6) is 0 Å². The quantitative estimate of drug-likeness (QED) is 0.614. The van der Waals surface area contributed by atoms with Crippen LogP contribution in [0.2, 0.25) is 0 Å². The highest BCUT2D eigenvalue weighted by molar-refractivity contribution is 5.85. The van der Waals surface area contributed by atoms with Crippen LogP contribution in [0, 0.1) is 15.9 Å². The van der Waals surface area contributed by atoms with Crippen LogP contribution in [-0.2, 0) is 0 Å². The molecule has 0 heterocycles. The summed E-state index contributed by atoms with van der Waals surface area (Å²) >= 11 is 0. The summed E-state index contributed by atoms with van der Waals surface area (Å²) in [5.74, 6) is -0.516. The maximum absolute atomic E-state index is 12.7. The Morgan fingerprint density at radius 3 is 2.57 bits per heavy atom. The minimum absolute atomic E-state index is 0. The molecule has 0 amide bonds. The number of benzene rings is 1. The first-order valence-corrected chi connectivity index (χ1v) is 3.72. The number of hydrogen-bond acceptors (Lipinski definition) is 3. The smallest absolute Gasteiger partial charge is 0.274 e. The Kier molecular flexibility index (Phi) is 4.46. The summed E-state index contributed by atoms with van der Waals surface area (Å²) in [7, 11) is 0.